The number of carbonyl (C=O) groups excluding carboxylic acids is 3. The lowest BCUT2D eigenvalue weighted by molar-refractivity contribution is -0.143. The molecule has 3 atom stereocenters. The maximum absolute atomic E-state index is 13.1. The molecule has 2 aliphatic rings. The first-order chi connectivity index (χ1) is 14.7. The second-order valence-corrected chi connectivity index (χ2v) is 10.1. The summed E-state index contributed by atoms with van der Waals surface area (Å²) in [5.74, 6) is -0.155. The first kappa shape index (κ1) is 23.3. The van der Waals surface area contributed by atoms with E-state index in [9.17, 15) is 14.4 Å². The molecule has 3 rings (SSSR count). The van der Waals surface area contributed by atoms with Crippen LogP contribution in [0.5, 0.6) is 0 Å². The van der Waals surface area contributed by atoms with E-state index in [1.807, 2.05) is 56.9 Å². The Morgan fingerprint density at radius 2 is 1.58 bits per heavy atom. The molecule has 0 bridgehead atoms. The van der Waals surface area contributed by atoms with Crippen molar-refractivity contribution in [3.63, 3.8) is 0 Å². The van der Waals surface area contributed by atoms with Crippen molar-refractivity contribution in [3.05, 3.63) is 35.4 Å². The fourth-order valence-electron chi connectivity index (χ4n) is 4.70. The van der Waals surface area contributed by atoms with Gasteiger partial charge in [-0.2, -0.15) is 0 Å². The second kappa shape index (κ2) is 9.84. The molecule has 0 radical (unpaired) electrons. The highest BCUT2D eigenvalue weighted by atomic mass is 16.2. The van der Waals surface area contributed by atoms with Crippen LogP contribution in [-0.4, -0.2) is 47.8 Å². The normalized spacial score (nSPS) is 24.4. The Hall–Kier alpha value is -2.37. The van der Waals surface area contributed by atoms with Gasteiger partial charge in [0.2, 0.25) is 11.8 Å². The zero-order valence-electron chi connectivity index (χ0n) is 19.4. The summed E-state index contributed by atoms with van der Waals surface area (Å²) in [7, 11) is 0. The van der Waals surface area contributed by atoms with E-state index in [2.05, 4.69) is 10.6 Å². The van der Waals surface area contributed by atoms with E-state index >= 15 is 0 Å². The summed E-state index contributed by atoms with van der Waals surface area (Å²) >= 11 is 0. The van der Waals surface area contributed by atoms with Crippen LogP contribution in [0.3, 0.4) is 0 Å². The minimum atomic E-state index is -0.438. The molecular weight excluding hydrogens is 390 g/mol. The molecule has 6 heteroatoms. The molecule has 1 aromatic rings. The smallest absolute Gasteiger partial charge is 0.251 e. The summed E-state index contributed by atoms with van der Waals surface area (Å²) < 4.78 is 0. The molecule has 2 N–H and O–H groups in total. The van der Waals surface area contributed by atoms with Crippen molar-refractivity contribution in [2.45, 2.75) is 78.3 Å². The summed E-state index contributed by atoms with van der Waals surface area (Å²) in [6.07, 6.45) is 5.46. The van der Waals surface area contributed by atoms with Crippen LogP contribution in [0, 0.1) is 18.3 Å². The highest BCUT2D eigenvalue weighted by molar-refractivity contribution is 5.95. The summed E-state index contributed by atoms with van der Waals surface area (Å²) in [6.45, 7) is 8.89. The molecule has 2 fully saturated rings. The molecule has 1 saturated carbocycles. The number of nitrogens with one attached hydrogen (secondary N) is 2. The maximum atomic E-state index is 13.1. The Morgan fingerprint density at radius 3 is 2.23 bits per heavy atom. The first-order valence-corrected chi connectivity index (χ1v) is 11.6. The lowest BCUT2D eigenvalue weighted by Crippen LogP contribution is -2.56. The monoisotopic (exact) mass is 427 g/mol. The SMILES string of the molecule is Cc1ccccc1C(=O)N[C@@H]1CCCC[C@H]1NC(=O)[C@H]1CCCN(C(=O)C(C)(C)C)C1. The maximum Gasteiger partial charge on any atom is 0.251 e. The standard InChI is InChI=1S/C25H37N3O3/c1-17-10-5-6-12-19(17)23(30)27-21-14-8-7-13-20(21)26-22(29)18-11-9-15-28(16-18)24(31)25(2,3)4/h5-6,10,12,18,20-21H,7-9,11,13-16H2,1-4H3,(H,26,29)(H,27,30)/t18-,20+,21+/m0/s1. The molecule has 1 aromatic carbocycles. The largest absolute Gasteiger partial charge is 0.351 e. The topological polar surface area (TPSA) is 78.5 Å². The van der Waals surface area contributed by atoms with Crippen LogP contribution in [-0.2, 0) is 9.59 Å². The minimum absolute atomic E-state index is 0.00782. The average Bonchev–Trinajstić information content (AvgIpc) is 2.74. The van der Waals surface area contributed by atoms with E-state index in [-0.39, 0.29) is 35.7 Å². The van der Waals surface area contributed by atoms with Crippen molar-refractivity contribution < 1.29 is 14.4 Å². The number of hydrogen-bond donors (Lipinski definition) is 2. The molecule has 1 heterocycles. The molecule has 6 nitrogen and oxygen atoms in total. The fourth-order valence-corrected chi connectivity index (χ4v) is 4.70. The Morgan fingerprint density at radius 1 is 0.935 bits per heavy atom. The number of likely N-dealkylation sites (tertiary alicyclic amines) is 1. The van der Waals surface area contributed by atoms with Crippen molar-refractivity contribution in [3.8, 4) is 0 Å². The Kier molecular flexibility index (Phi) is 7.39. The number of aryl methyl sites for hydroxylation is 1. The van der Waals surface area contributed by atoms with Crippen molar-refractivity contribution in [2.75, 3.05) is 13.1 Å². The summed E-state index contributed by atoms with van der Waals surface area (Å²) in [5, 5.41) is 6.38. The zero-order valence-corrected chi connectivity index (χ0v) is 19.4. The zero-order chi connectivity index (χ0) is 22.6. The quantitative estimate of drug-likeness (QED) is 0.773. The molecule has 1 saturated heterocycles. The van der Waals surface area contributed by atoms with Gasteiger partial charge < -0.3 is 15.5 Å². The van der Waals surface area contributed by atoms with E-state index in [4.69, 9.17) is 0 Å². The van der Waals surface area contributed by atoms with Gasteiger partial charge in [-0.1, -0.05) is 51.8 Å². The van der Waals surface area contributed by atoms with Crippen molar-refractivity contribution in [1.82, 2.24) is 15.5 Å². The highest BCUT2D eigenvalue weighted by Gasteiger charge is 2.35. The van der Waals surface area contributed by atoms with Gasteiger partial charge in [-0.3, -0.25) is 14.4 Å². The van der Waals surface area contributed by atoms with Gasteiger partial charge in [-0.05, 0) is 44.2 Å². The van der Waals surface area contributed by atoms with Crippen LogP contribution in [0.25, 0.3) is 0 Å². The van der Waals surface area contributed by atoms with Gasteiger partial charge in [0, 0.05) is 36.2 Å². The second-order valence-electron chi connectivity index (χ2n) is 10.1. The fraction of sp³-hybridized carbons (Fsp3) is 0.640. The number of benzene rings is 1. The van der Waals surface area contributed by atoms with Crippen LogP contribution in [0.2, 0.25) is 0 Å². The van der Waals surface area contributed by atoms with Gasteiger partial charge in [0.1, 0.15) is 0 Å². The first-order valence-electron chi connectivity index (χ1n) is 11.6. The number of nitrogens with zero attached hydrogens (tertiary/aromatic N) is 1. The number of piperidine rings is 1. The molecule has 170 valence electrons. The van der Waals surface area contributed by atoms with Gasteiger partial charge >= 0.3 is 0 Å². The van der Waals surface area contributed by atoms with Crippen molar-refractivity contribution >= 4 is 17.7 Å². The van der Waals surface area contributed by atoms with Gasteiger partial charge in [-0.25, -0.2) is 0 Å². The Balaban J connectivity index is 1.61. The van der Waals surface area contributed by atoms with Crippen LogP contribution < -0.4 is 10.6 Å². The van der Waals surface area contributed by atoms with Crippen molar-refractivity contribution in [1.29, 1.82) is 0 Å². The Labute approximate surface area is 186 Å². The van der Waals surface area contributed by atoms with E-state index in [1.54, 1.807) is 0 Å². The average molecular weight is 428 g/mol. The van der Waals surface area contributed by atoms with Gasteiger partial charge in [-0.15, -0.1) is 0 Å². The lowest BCUT2D eigenvalue weighted by atomic mass is 9.88. The van der Waals surface area contributed by atoms with Crippen LogP contribution in [0.1, 0.15) is 75.2 Å². The van der Waals surface area contributed by atoms with Gasteiger partial charge in [0.15, 0.2) is 0 Å². The summed E-state index contributed by atoms with van der Waals surface area (Å²) in [5.41, 5.74) is 1.19. The summed E-state index contributed by atoms with van der Waals surface area (Å²) in [6, 6.07) is 7.43. The van der Waals surface area contributed by atoms with E-state index < -0.39 is 5.41 Å². The molecule has 3 amide bonds. The molecule has 0 unspecified atom stereocenters. The molecule has 0 aromatic heterocycles. The molecular formula is C25H37N3O3. The van der Waals surface area contributed by atoms with Crippen LogP contribution in [0.4, 0.5) is 0 Å². The van der Waals surface area contributed by atoms with Crippen LogP contribution in [0.15, 0.2) is 24.3 Å². The molecule has 1 aliphatic heterocycles. The molecule has 1 aliphatic carbocycles. The number of rotatable bonds is 4. The molecule has 31 heavy (non-hydrogen) atoms. The third-order valence-corrected chi connectivity index (χ3v) is 6.52. The van der Waals surface area contributed by atoms with Crippen molar-refractivity contribution in [2.24, 2.45) is 11.3 Å². The number of carbonyl (C=O) groups is 3. The lowest BCUT2D eigenvalue weighted by Gasteiger charge is -2.38. The highest BCUT2D eigenvalue weighted by Crippen LogP contribution is 2.25. The van der Waals surface area contributed by atoms with Crippen LogP contribution >= 0.6 is 0 Å². The number of amides is 3. The third kappa shape index (κ3) is 5.86. The predicted molar refractivity (Wildman–Crippen MR) is 122 cm³/mol. The third-order valence-electron chi connectivity index (χ3n) is 6.52. The number of hydrogen-bond acceptors (Lipinski definition) is 3. The van der Waals surface area contributed by atoms with Gasteiger partial charge in [0.05, 0.1) is 5.92 Å². The van der Waals surface area contributed by atoms with E-state index in [0.717, 1.165) is 50.6 Å². The minimum Gasteiger partial charge on any atom is -0.351 e. The predicted octanol–water partition coefficient (Wildman–Crippen LogP) is 3.44. The Bertz CT molecular complexity index is 814. The van der Waals surface area contributed by atoms with E-state index in [0.29, 0.717) is 12.1 Å². The van der Waals surface area contributed by atoms with E-state index in [1.165, 1.54) is 0 Å². The summed E-state index contributed by atoms with van der Waals surface area (Å²) in [4.78, 5) is 40.4. The van der Waals surface area contributed by atoms with Gasteiger partial charge in [0.25, 0.3) is 5.91 Å². The molecule has 0 spiro atoms.